The van der Waals surface area contributed by atoms with Crippen LogP contribution in [0.5, 0.6) is 0 Å². The smallest absolute Gasteiger partial charge is 0.238 e. The Bertz CT molecular complexity index is 9930. The Hall–Kier alpha value is -16.3. The fourth-order valence-electron chi connectivity index (χ4n) is 19.8. The van der Waals surface area contributed by atoms with E-state index in [1.165, 1.54) is 153 Å². The fourth-order valence-corrected chi connectivity index (χ4v) is 27.0. The molecule has 30 rings (SSSR count). The highest BCUT2D eigenvalue weighted by Gasteiger charge is 2.27. The normalized spacial score (nSPS) is 12.0. The van der Waals surface area contributed by atoms with E-state index < -0.39 is 0 Å². The van der Waals surface area contributed by atoms with Gasteiger partial charge in [0.05, 0.1) is 42.5 Å². The molecule has 0 atom stereocenters. The highest BCUT2D eigenvalue weighted by atomic mass is 32.1. The van der Waals surface area contributed by atoms with Gasteiger partial charge in [0.2, 0.25) is 17.8 Å². The summed E-state index contributed by atoms with van der Waals surface area (Å²) in [5.41, 5.74) is 12.2. The van der Waals surface area contributed by atoms with Gasteiger partial charge in [-0.05, 0) is 97.1 Å². The number of para-hydroxylation sites is 3. The summed E-state index contributed by atoms with van der Waals surface area (Å²) in [5, 5.41) is 23.0. The Morgan fingerprint density at radius 2 is 0.385 bits per heavy atom. The van der Waals surface area contributed by atoms with Crippen molar-refractivity contribution >= 4 is 254 Å². The molecule has 18 aromatic carbocycles. The molecule has 0 N–H and O–H groups in total. The Morgan fingerprint density at radius 1 is 0.141 bits per heavy atom. The summed E-state index contributed by atoms with van der Waals surface area (Å²) >= 11 is 11.2. The van der Waals surface area contributed by atoms with E-state index in [0.29, 0.717) is 52.8 Å². The molecule has 0 aliphatic rings. The van der Waals surface area contributed by atoms with Crippen LogP contribution in [0.4, 0.5) is 0 Å². The van der Waals surface area contributed by atoms with Crippen LogP contribution in [-0.2, 0) is 0 Å². The minimum atomic E-state index is 0.612. The van der Waals surface area contributed by atoms with Gasteiger partial charge in [0, 0.05) is 177 Å². The lowest BCUT2D eigenvalue weighted by Gasteiger charge is -2.11. The molecule has 0 unspecified atom stereocenters. The molecule has 18 heteroatoms. The van der Waals surface area contributed by atoms with E-state index in [9.17, 15) is 0 Å². The average molecular weight is 1830 g/mol. The van der Waals surface area contributed by atoms with Gasteiger partial charge in [0.1, 0.15) is 0 Å². The van der Waals surface area contributed by atoms with Crippen LogP contribution < -0.4 is 0 Å². The van der Waals surface area contributed by atoms with Crippen LogP contribution in [0.2, 0.25) is 0 Å². The lowest BCUT2D eigenvalue weighted by Crippen LogP contribution is -2.06. The summed E-state index contributed by atoms with van der Waals surface area (Å²) in [6.07, 6.45) is 0. The maximum absolute atomic E-state index is 5.11. The SMILES string of the molecule is c1ccc(-c2nc(-c3ccccc3)nc(-n3c4ccccc4c4cc5c(cc43)sc3c5ccc4c5ccccc5sc43)n2)cc1.c1ccc(-c2nc(-c3ccccc3)nc(-n3c4ccccc4c4cc5c(cc43)sc3cc4sc6ccccc6c4cc35)n2)cc1.c1ccc(-c2nc(-c3ccccc3)nc(-n3c4ccccc4c4cc5c(cc43)sc3ccc4sc6ccccc6c4c35)n2)cc1. The van der Waals surface area contributed by atoms with Crippen LogP contribution in [0.1, 0.15) is 0 Å². The fraction of sp³-hybridized carbons (Fsp3) is 0. The molecule has 0 bridgehead atoms. The highest BCUT2D eigenvalue weighted by Crippen LogP contribution is 2.51. The molecular weight excluding hydrogens is 1770 g/mol. The first-order valence-electron chi connectivity index (χ1n) is 44.6. The van der Waals surface area contributed by atoms with Crippen molar-refractivity contribution in [1.29, 1.82) is 0 Å². The van der Waals surface area contributed by atoms with Crippen molar-refractivity contribution in [2.45, 2.75) is 0 Å². The van der Waals surface area contributed by atoms with Crippen molar-refractivity contribution in [2.24, 2.45) is 0 Å². The van der Waals surface area contributed by atoms with E-state index in [2.05, 4.69) is 305 Å². The summed E-state index contributed by atoms with van der Waals surface area (Å²) in [6.45, 7) is 0. The molecular formula is C117H66N12S6. The van der Waals surface area contributed by atoms with Gasteiger partial charge in [-0.3, -0.25) is 13.7 Å². The van der Waals surface area contributed by atoms with Crippen molar-refractivity contribution in [3.63, 3.8) is 0 Å². The van der Waals surface area contributed by atoms with Crippen molar-refractivity contribution in [3.8, 4) is 86.2 Å². The van der Waals surface area contributed by atoms with E-state index in [1.54, 1.807) is 0 Å². The first-order chi connectivity index (χ1) is 66.9. The number of thiophene rings is 6. The first kappa shape index (κ1) is 77.5. The van der Waals surface area contributed by atoms with Crippen molar-refractivity contribution < 1.29 is 0 Å². The van der Waals surface area contributed by atoms with Crippen LogP contribution in [-0.4, -0.2) is 58.6 Å². The molecule has 0 saturated carbocycles. The molecule has 12 aromatic heterocycles. The third kappa shape index (κ3) is 12.7. The third-order valence-corrected chi connectivity index (χ3v) is 33.0. The summed E-state index contributed by atoms with van der Waals surface area (Å²) in [5.74, 6) is 5.76. The zero-order valence-corrected chi connectivity index (χ0v) is 76.3. The first-order valence-corrected chi connectivity index (χ1v) is 49.5. The van der Waals surface area contributed by atoms with Crippen molar-refractivity contribution in [1.82, 2.24) is 58.6 Å². The minimum Gasteiger partial charge on any atom is -0.278 e. The van der Waals surface area contributed by atoms with E-state index >= 15 is 0 Å². The molecule has 0 spiro atoms. The van der Waals surface area contributed by atoms with Crippen LogP contribution >= 0.6 is 68.0 Å². The Labute approximate surface area is 792 Å². The molecule has 135 heavy (non-hydrogen) atoms. The van der Waals surface area contributed by atoms with Gasteiger partial charge in [-0.15, -0.1) is 68.0 Å². The Balaban J connectivity index is 0.000000101. The largest absolute Gasteiger partial charge is 0.278 e. The summed E-state index contributed by atoms with van der Waals surface area (Å²) in [6, 6.07) is 141. The number of hydrogen-bond donors (Lipinski definition) is 0. The second kappa shape index (κ2) is 31.2. The molecule has 12 heterocycles. The van der Waals surface area contributed by atoms with E-state index in [1.807, 2.05) is 177 Å². The number of aromatic nitrogens is 12. The zero-order valence-electron chi connectivity index (χ0n) is 71.4. The van der Waals surface area contributed by atoms with E-state index in [0.717, 1.165) is 66.5 Å². The molecule has 0 aliphatic carbocycles. The summed E-state index contributed by atoms with van der Waals surface area (Å²) in [7, 11) is 0. The standard InChI is InChI=1S/3C39H22N4S2/c1-3-11-23(12-4-1)37-40-38(24-13-5-2-6-14-24)42-39(41-37)43-31-17-9-7-15-25(31)27-19-29-30-20-28-26-16-8-10-18-33(26)44-35(28)22-36(30)45-34(29)21-32(27)43;1-3-11-23(12-4-1)37-40-38(24-13-5-2-6-14-24)42-39(41-37)43-29-17-9-7-15-25(29)27-21-28-34(22-30(27)43)45-33-20-19-32-35(36(28)33)26-16-8-10-18-31(26)44-32;1-3-11-23(12-4-1)37-40-38(24-13-5-2-6-14-24)42-39(41-37)43-31-17-9-7-15-25(31)29-21-30-28-20-19-27-26-16-8-10-18-33(26)44-35(27)36(28)45-34(30)22-32(29)43/h3*1-22H. The van der Waals surface area contributed by atoms with Gasteiger partial charge in [0.15, 0.2) is 34.9 Å². The van der Waals surface area contributed by atoms with E-state index in [4.69, 9.17) is 44.9 Å². The van der Waals surface area contributed by atoms with Gasteiger partial charge in [0.25, 0.3) is 0 Å². The number of fused-ring (bicyclic) bond motifs is 29. The Morgan fingerprint density at radius 3 is 0.785 bits per heavy atom. The van der Waals surface area contributed by atoms with Gasteiger partial charge in [-0.25, -0.2) is 15.0 Å². The number of benzene rings is 18. The number of hydrogen-bond acceptors (Lipinski definition) is 15. The summed E-state index contributed by atoms with van der Waals surface area (Å²) < 4.78 is 22.4. The van der Waals surface area contributed by atoms with Crippen LogP contribution in [0.25, 0.3) is 273 Å². The molecule has 30 aromatic rings. The van der Waals surface area contributed by atoms with Gasteiger partial charge in [-0.1, -0.05) is 303 Å². The predicted molar refractivity (Wildman–Crippen MR) is 572 cm³/mol. The van der Waals surface area contributed by atoms with Crippen LogP contribution in [0, 0.1) is 0 Å². The van der Waals surface area contributed by atoms with Gasteiger partial charge < -0.3 is 0 Å². The molecule has 0 radical (unpaired) electrons. The zero-order chi connectivity index (χ0) is 88.5. The molecule has 0 fully saturated rings. The quantitative estimate of drug-likeness (QED) is 0.139. The summed E-state index contributed by atoms with van der Waals surface area (Å²) in [4.78, 5) is 45.4. The number of nitrogens with zero attached hydrogens (tertiary/aromatic N) is 12. The third-order valence-electron chi connectivity index (χ3n) is 26.0. The topological polar surface area (TPSA) is 131 Å². The molecule has 0 aliphatic heterocycles. The second-order valence-corrected chi connectivity index (χ2v) is 40.2. The predicted octanol–water partition coefficient (Wildman–Crippen LogP) is 33.1. The Kier molecular flexibility index (Phi) is 17.9. The number of rotatable bonds is 9. The lowest BCUT2D eigenvalue weighted by molar-refractivity contribution is 0.953. The monoisotopic (exact) mass is 1830 g/mol. The minimum absolute atomic E-state index is 0.612. The molecule has 0 saturated heterocycles. The van der Waals surface area contributed by atoms with Crippen molar-refractivity contribution in [2.75, 3.05) is 0 Å². The van der Waals surface area contributed by atoms with Crippen molar-refractivity contribution in [3.05, 3.63) is 400 Å². The molecule has 12 nitrogen and oxygen atoms in total. The molecule has 0 amide bonds. The van der Waals surface area contributed by atoms with Gasteiger partial charge in [-0.2, -0.15) is 29.9 Å². The van der Waals surface area contributed by atoms with Crippen LogP contribution in [0.15, 0.2) is 400 Å². The lowest BCUT2D eigenvalue weighted by atomic mass is 10.0. The van der Waals surface area contributed by atoms with E-state index in [-0.39, 0.29) is 0 Å². The van der Waals surface area contributed by atoms with Gasteiger partial charge >= 0.3 is 0 Å². The maximum atomic E-state index is 5.11. The second-order valence-electron chi connectivity index (χ2n) is 33.8. The maximum Gasteiger partial charge on any atom is 0.238 e. The highest BCUT2D eigenvalue weighted by molar-refractivity contribution is 7.33. The molecule has 630 valence electrons. The average Bonchev–Trinajstić information content (AvgIpc) is 1.56. The van der Waals surface area contributed by atoms with Crippen LogP contribution in [0.3, 0.4) is 0 Å².